The molecular formula is C14H17ClN2O. The van der Waals surface area contributed by atoms with Crippen LogP contribution in [0.4, 0.5) is 0 Å². The van der Waals surface area contributed by atoms with Gasteiger partial charge < -0.3 is 4.74 Å². The molecule has 0 bridgehead atoms. The van der Waals surface area contributed by atoms with E-state index >= 15 is 0 Å². The highest BCUT2D eigenvalue weighted by molar-refractivity contribution is 6.17. The SMILES string of the molecule is CCc1cccc(Oc2c(CCl)c(C)nn2C)c1. The lowest BCUT2D eigenvalue weighted by Crippen LogP contribution is -1.96. The van der Waals surface area contributed by atoms with Crippen LogP contribution in [0.2, 0.25) is 0 Å². The van der Waals surface area contributed by atoms with Crippen molar-refractivity contribution >= 4 is 11.6 Å². The minimum Gasteiger partial charge on any atom is -0.439 e. The number of rotatable bonds is 4. The molecule has 2 aromatic rings. The number of hydrogen-bond donors (Lipinski definition) is 0. The summed E-state index contributed by atoms with van der Waals surface area (Å²) in [5.41, 5.74) is 3.11. The second kappa shape index (κ2) is 5.44. The Labute approximate surface area is 112 Å². The predicted molar refractivity (Wildman–Crippen MR) is 73.4 cm³/mol. The molecule has 0 N–H and O–H groups in total. The van der Waals surface area contributed by atoms with E-state index in [4.69, 9.17) is 16.3 Å². The van der Waals surface area contributed by atoms with Crippen LogP contribution < -0.4 is 4.74 Å². The minimum absolute atomic E-state index is 0.405. The van der Waals surface area contributed by atoms with E-state index in [-0.39, 0.29) is 0 Å². The number of alkyl halides is 1. The highest BCUT2D eigenvalue weighted by Crippen LogP contribution is 2.28. The molecule has 18 heavy (non-hydrogen) atoms. The van der Waals surface area contributed by atoms with E-state index in [1.807, 2.05) is 32.2 Å². The fraction of sp³-hybridized carbons (Fsp3) is 0.357. The molecule has 4 heteroatoms. The molecule has 2 rings (SSSR count). The molecule has 0 aliphatic rings. The molecule has 0 fully saturated rings. The van der Waals surface area contributed by atoms with Crippen molar-refractivity contribution in [3.05, 3.63) is 41.1 Å². The van der Waals surface area contributed by atoms with Crippen LogP contribution in [0.1, 0.15) is 23.7 Å². The Morgan fingerprint density at radius 1 is 1.39 bits per heavy atom. The first-order valence-corrected chi connectivity index (χ1v) is 6.54. The third-order valence-corrected chi connectivity index (χ3v) is 3.21. The Morgan fingerprint density at radius 3 is 2.83 bits per heavy atom. The van der Waals surface area contributed by atoms with Gasteiger partial charge in [-0.2, -0.15) is 5.10 Å². The number of aromatic nitrogens is 2. The molecular weight excluding hydrogens is 248 g/mol. The fourth-order valence-corrected chi connectivity index (χ4v) is 2.21. The predicted octanol–water partition coefficient (Wildman–Crippen LogP) is 3.82. The third kappa shape index (κ3) is 2.51. The first-order valence-electron chi connectivity index (χ1n) is 6.01. The molecule has 0 aliphatic heterocycles. The number of aryl methyl sites for hydroxylation is 3. The van der Waals surface area contributed by atoms with Crippen molar-refractivity contribution in [3.63, 3.8) is 0 Å². The van der Waals surface area contributed by atoms with Gasteiger partial charge in [-0.15, -0.1) is 11.6 Å². The van der Waals surface area contributed by atoms with Crippen molar-refractivity contribution in [2.45, 2.75) is 26.1 Å². The first-order chi connectivity index (χ1) is 8.65. The number of halogens is 1. The zero-order chi connectivity index (χ0) is 13.1. The van der Waals surface area contributed by atoms with Crippen LogP contribution in [0.25, 0.3) is 0 Å². The summed E-state index contributed by atoms with van der Waals surface area (Å²) in [6.07, 6.45) is 0.990. The molecule has 3 nitrogen and oxygen atoms in total. The molecule has 96 valence electrons. The van der Waals surface area contributed by atoms with E-state index in [1.165, 1.54) is 5.56 Å². The summed E-state index contributed by atoms with van der Waals surface area (Å²) >= 11 is 5.94. The maximum atomic E-state index is 5.94. The average Bonchev–Trinajstić information content (AvgIpc) is 2.64. The topological polar surface area (TPSA) is 27.1 Å². The Hall–Kier alpha value is -1.48. The lowest BCUT2D eigenvalue weighted by molar-refractivity contribution is 0.427. The van der Waals surface area contributed by atoms with Gasteiger partial charge in [-0.1, -0.05) is 19.1 Å². The number of nitrogens with zero attached hydrogens (tertiary/aromatic N) is 2. The smallest absolute Gasteiger partial charge is 0.222 e. The standard InChI is InChI=1S/C14H17ClN2O/c1-4-11-6-5-7-12(8-11)18-14-13(9-15)10(2)16-17(14)3/h5-8H,4,9H2,1-3H3. The Bertz CT molecular complexity index is 549. The van der Waals surface area contributed by atoms with Gasteiger partial charge in [0, 0.05) is 7.05 Å². The second-order valence-corrected chi connectivity index (χ2v) is 4.50. The van der Waals surface area contributed by atoms with Gasteiger partial charge in [0.1, 0.15) is 5.75 Å². The number of ether oxygens (including phenoxy) is 1. The molecule has 1 heterocycles. The van der Waals surface area contributed by atoms with E-state index in [0.29, 0.717) is 5.88 Å². The highest BCUT2D eigenvalue weighted by Gasteiger charge is 2.14. The van der Waals surface area contributed by atoms with E-state index in [0.717, 1.165) is 29.3 Å². The summed E-state index contributed by atoms with van der Waals surface area (Å²) in [6.45, 7) is 4.06. The van der Waals surface area contributed by atoms with Gasteiger partial charge in [0.2, 0.25) is 5.88 Å². The average molecular weight is 265 g/mol. The lowest BCUT2D eigenvalue weighted by Gasteiger charge is -2.08. The minimum atomic E-state index is 0.405. The van der Waals surface area contributed by atoms with Gasteiger partial charge in [0.25, 0.3) is 0 Å². The fourth-order valence-electron chi connectivity index (χ4n) is 1.90. The molecule has 0 radical (unpaired) electrons. The zero-order valence-corrected chi connectivity index (χ0v) is 11.7. The Kier molecular flexibility index (Phi) is 3.92. The quantitative estimate of drug-likeness (QED) is 0.785. The van der Waals surface area contributed by atoms with Gasteiger partial charge >= 0.3 is 0 Å². The third-order valence-electron chi connectivity index (χ3n) is 2.94. The van der Waals surface area contributed by atoms with E-state index in [2.05, 4.69) is 18.1 Å². The van der Waals surface area contributed by atoms with Crippen molar-refractivity contribution in [1.29, 1.82) is 0 Å². The van der Waals surface area contributed by atoms with Gasteiger partial charge in [-0.25, -0.2) is 4.68 Å². The summed E-state index contributed by atoms with van der Waals surface area (Å²) in [7, 11) is 1.86. The largest absolute Gasteiger partial charge is 0.439 e. The summed E-state index contributed by atoms with van der Waals surface area (Å²) in [5.74, 6) is 1.95. The summed E-state index contributed by atoms with van der Waals surface area (Å²) in [6, 6.07) is 8.07. The van der Waals surface area contributed by atoms with Crippen LogP contribution in [0.5, 0.6) is 11.6 Å². The summed E-state index contributed by atoms with van der Waals surface area (Å²) in [4.78, 5) is 0. The van der Waals surface area contributed by atoms with Gasteiger partial charge in [-0.3, -0.25) is 0 Å². The van der Waals surface area contributed by atoms with Crippen LogP contribution in [0.15, 0.2) is 24.3 Å². The van der Waals surface area contributed by atoms with Crippen molar-refractivity contribution in [1.82, 2.24) is 9.78 Å². The maximum absolute atomic E-state index is 5.94. The highest BCUT2D eigenvalue weighted by atomic mass is 35.5. The van der Waals surface area contributed by atoms with Crippen LogP contribution in [0, 0.1) is 6.92 Å². The van der Waals surface area contributed by atoms with Crippen molar-refractivity contribution < 1.29 is 4.74 Å². The van der Waals surface area contributed by atoms with Crippen molar-refractivity contribution in [3.8, 4) is 11.6 Å². The lowest BCUT2D eigenvalue weighted by atomic mass is 10.2. The molecule has 0 saturated heterocycles. The normalized spacial score (nSPS) is 10.7. The summed E-state index contributed by atoms with van der Waals surface area (Å²) < 4.78 is 7.64. The number of hydrogen-bond acceptors (Lipinski definition) is 2. The molecule has 0 amide bonds. The first kappa shape index (κ1) is 13.0. The zero-order valence-electron chi connectivity index (χ0n) is 10.9. The van der Waals surface area contributed by atoms with Crippen LogP contribution in [-0.2, 0) is 19.3 Å². The van der Waals surface area contributed by atoms with Gasteiger partial charge in [-0.05, 0) is 31.0 Å². The molecule has 0 unspecified atom stereocenters. The molecule has 1 aromatic heterocycles. The van der Waals surface area contributed by atoms with Crippen molar-refractivity contribution in [2.24, 2.45) is 7.05 Å². The maximum Gasteiger partial charge on any atom is 0.222 e. The molecule has 0 saturated carbocycles. The Morgan fingerprint density at radius 2 is 2.17 bits per heavy atom. The monoisotopic (exact) mass is 264 g/mol. The molecule has 1 aromatic carbocycles. The molecule has 0 aliphatic carbocycles. The van der Waals surface area contributed by atoms with Crippen LogP contribution in [-0.4, -0.2) is 9.78 Å². The molecule has 0 atom stereocenters. The van der Waals surface area contributed by atoms with E-state index in [9.17, 15) is 0 Å². The van der Waals surface area contributed by atoms with Crippen LogP contribution >= 0.6 is 11.6 Å². The number of benzene rings is 1. The summed E-state index contributed by atoms with van der Waals surface area (Å²) in [5, 5.41) is 4.33. The molecule has 0 spiro atoms. The second-order valence-electron chi connectivity index (χ2n) is 4.23. The van der Waals surface area contributed by atoms with Gasteiger partial charge in [0.05, 0.1) is 17.1 Å². The van der Waals surface area contributed by atoms with Crippen LogP contribution in [0.3, 0.4) is 0 Å². The van der Waals surface area contributed by atoms with E-state index < -0.39 is 0 Å². The van der Waals surface area contributed by atoms with Crippen molar-refractivity contribution in [2.75, 3.05) is 0 Å². The van der Waals surface area contributed by atoms with E-state index in [1.54, 1.807) is 4.68 Å². The van der Waals surface area contributed by atoms with Gasteiger partial charge in [0.15, 0.2) is 0 Å². The Balaban J connectivity index is 2.33.